The average Bonchev–Trinajstić information content (AvgIpc) is 2.81. The first-order valence-corrected chi connectivity index (χ1v) is 6.40. The maximum atomic E-state index is 9.89. The van der Waals surface area contributed by atoms with Crippen LogP contribution in [0.25, 0.3) is 0 Å². The van der Waals surface area contributed by atoms with Gasteiger partial charge in [0.1, 0.15) is 18.3 Å². The molecule has 0 saturated carbocycles. The normalized spacial score (nSPS) is 46.4. The summed E-state index contributed by atoms with van der Waals surface area (Å²) in [6, 6.07) is 0. The third kappa shape index (κ3) is 2.29. The Morgan fingerprint density at radius 2 is 1.53 bits per heavy atom. The Bertz CT molecular complexity index is 378. The van der Waals surface area contributed by atoms with Crippen LogP contribution < -0.4 is 0 Å². The summed E-state index contributed by atoms with van der Waals surface area (Å²) in [5.74, 6) is -3.98. The van der Waals surface area contributed by atoms with Gasteiger partial charge in [0, 0.05) is 0 Å². The molecule has 0 bridgehead atoms. The van der Waals surface area contributed by atoms with Crippen molar-refractivity contribution >= 4 is 0 Å². The highest BCUT2D eigenvalue weighted by Crippen LogP contribution is 2.44. The number of fused-ring (bicyclic) bond motifs is 1. The molecule has 3 heterocycles. The predicted molar refractivity (Wildman–Crippen MR) is 60.8 cm³/mol. The Labute approximate surface area is 111 Å². The lowest BCUT2D eigenvalue weighted by atomic mass is 10.1. The summed E-state index contributed by atoms with van der Waals surface area (Å²) in [5, 5.41) is 19.8. The van der Waals surface area contributed by atoms with Gasteiger partial charge in [-0.3, -0.25) is 0 Å². The molecule has 3 saturated heterocycles. The molecule has 0 aromatic carbocycles. The van der Waals surface area contributed by atoms with Gasteiger partial charge in [-0.1, -0.05) is 0 Å². The fraction of sp³-hybridized carbons (Fsp3) is 1.00. The van der Waals surface area contributed by atoms with Gasteiger partial charge in [0.2, 0.25) is 0 Å². The predicted octanol–water partition coefficient (Wildman–Crippen LogP) is -0.305. The summed E-state index contributed by atoms with van der Waals surface area (Å²) in [6.07, 6.45) is -2.64. The van der Waals surface area contributed by atoms with Crippen molar-refractivity contribution in [3.05, 3.63) is 0 Å². The Kier molecular flexibility index (Phi) is 2.80. The molecule has 0 spiro atoms. The van der Waals surface area contributed by atoms with Gasteiger partial charge in [-0.05, 0) is 27.7 Å². The van der Waals surface area contributed by atoms with Gasteiger partial charge in [0.25, 0.3) is 0 Å². The molecule has 19 heavy (non-hydrogen) atoms. The summed E-state index contributed by atoms with van der Waals surface area (Å²) in [7, 11) is 0. The highest BCUT2D eigenvalue weighted by Gasteiger charge is 2.65. The number of ether oxygens (including phenoxy) is 5. The zero-order valence-corrected chi connectivity index (χ0v) is 11.5. The molecule has 0 unspecified atom stereocenters. The number of hydrogen-bond acceptors (Lipinski definition) is 7. The molecule has 0 amide bonds. The number of hydrogen-bond donors (Lipinski definition) is 2. The van der Waals surface area contributed by atoms with Crippen LogP contribution in [0.2, 0.25) is 0 Å². The second-order valence-electron chi connectivity index (χ2n) is 6.13. The second kappa shape index (κ2) is 3.88. The maximum Gasteiger partial charge on any atom is 0.309 e. The lowest BCUT2D eigenvalue weighted by Gasteiger charge is -2.27. The Morgan fingerprint density at radius 1 is 0.842 bits per heavy atom. The lowest BCUT2D eigenvalue weighted by Crippen LogP contribution is -2.43. The standard InChI is InChI=1S/C12H20O7/c1-10(2)15-5-6(16-10)7-8-9(12(13,14)18-7)19-11(3,4)17-8/h6-9,13-14H,5H2,1-4H3/t6-,7-,8+,9+/m1/s1. The van der Waals surface area contributed by atoms with E-state index in [9.17, 15) is 10.2 Å². The van der Waals surface area contributed by atoms with Gasteiger partial charge < -0.3 is 33.9 Å². The van der Waals surface area contributed by atoms with Gasteiger partial charge >= 0.3 is 5.97 Å². The molecule has 3 aliphatic rings. The zero-order chi connectivity index (χ0) is 14.1. The molecule has 110 valence electrons. The largest absolute Gasteiger partial charge is 0.348 e. The van der Waals surface area contributed by atoms with Crippen LogP contribution in [-0.4, -0.2) is 58.8 Å². The van der Waals surface area contributed by atoms with Crippen molar-refractivity contribution in [2.75, 3.05) is 6.61 Å². The molecule has 2 N–H and O–H groups in total. The molecular weight excluding hydrogens is 256 g/mol. The van der Waals surface area contributed by atoms with E-state index >= 15 is 0 Å². The number of aliphatic hydroxyl groups is 2. The molecule has 3 rings (SSSR count). The minimum absolute atomic E-state index is 0.306. The van der Waals surface area contributed by atoms with Crippen LogP contribution in [0.1, 0.15) is 27.7 Å². The van der Waals surface area contributed by atoms with E-state index in [-0.39, 0.29) is 0 Å². The SMILES string of the molecule is CC1(C)OC[C@H]([C@H]2OC(O)(O)[C@H]3OC(C)(C)O[C@@H]23)O1. The Morgan fingerprint density at radius 3 is 2.11 bits per heavy atom. The summed E-state index contributed by atoms with van der Waals surface area (Å²) >= 11 is 0. The molecule has 7 heteroatoms. The van der Waals surface area contributed by atoms with Crippen LogP contribution in [0.15, 0.2) is 0 Å². The van der Waals surface area contributed by atoms with E-state index in [1.165, 1.54) is 0 Å². The van der Waals surface area contributed by atoms with Crippen molar-refractivity contribution in [2.45, 2.75) is 69.7 Å². The molecular formula is C12H20O7. The monoisotopic (exact) mass is 276 g/mol. The van der Waals surface area contributed by atoms with Crippen molar-refractivity contribution < 1.29 is 33.9 Å². The first-order chi connectivity index (χ1) is 8.60. The van der Waals surface area contributed by atoms with E-state index in [2.05, 4.69) is 0 Å². The molecule has 4 atom stereocenters. The zero-order valence-electron chi connectivity index (χ0n) is 11.5. The topological polar surface area (TPSA) is 86.6 Å². The number of rotatable bonds is 1. The summed E-state index contributed by atoms with van der Waals surface area (Å²) in [5.41, 5.74) is 0. The first-order valence-electron chi connectivity index (χ1n) is 6.40. The molecule has 0 radical (unpaired) electrons. The quantitative estimate of drug-likeness (QED) is 0.635. The highest BCUT2D eigenvalue weighted by molar-refractivity contribution is 5.01. The Balaban J connectivity index is 1.80. The van der Waals surface area contributed by atoms with Crippen molar-refractivity contribution in [3.8, 4) is 0 Å². The van der Waals surface area contributed by atoms with E-state index in [0.29, 0.717) is 6.61 Å². The summed E-state index contributed by atoms with van der Waals surface area (Å²) in [4.78, 5) is 0. The van der Waals surface area contributed by atoms with Crippen LogP contribution in [0, 0.1) is 0 Å². The van der Waals surface area contributed by atoms with Gasteiger partial charge in [-0.2, -0.15) is 0 Å². The van der Waals surface area contributed by atoms with Crippen LogP contribution in [0.3, 0.4) is 0 Å². The molecule has 0 aromatic heterocycles. The minimum Gasteiger partial charge on any atom is -0.348 e. The van der Waals surface area contributed by atoms with E-state index in [4.69, 9.17) is 23.7 Å². The van der Waals surface area contributed by atoms with Crippen LogP contribution >= 0.6 is 0 Å². The molecule has 0 aliphatic carbocycles. The summed E-state index contributed by atoms with van der Waals surface area (Å²) < 4.78 is 27.6. The first kappa shape index (κ1) is 13.7. The fourth-order valence-corrected chi connectivity index (χ4v) is 2.82. The molecule has 7 nitrogen and oxygen atoms in total. The van der Waals surface area contributed by atoms with Gasteiger partial charge in [0.15, 0.2) is 17.7 Å². The van der Waals surface area contributed by atoms with Gasteiger partial charge in [-0.15, -0.1) is 0 Å². The van der Waals surface area contributed by atoms with Crippen molar-refractivity contribution in [1.29, 1.82) is 0 Å². The minimum atomic E-state index is -2.38. The molecule has 3 aliphatic heterocycles. The molecule has 0 aromatic rings. The van der Waals surface area contributed by atoms with Crippen LogP contribution in [0.5, 0.6) is 0 Å². The maximum absolute atomic E-state index is 9.89. The smallest absolute Gasteiger partial charge is 0.309 e. The Hall–Kier alpha value is -0.280. The van der Waals surface area contributed by atoms with Crippen LogP contribution in [0.4, 0.5) is 0 Å². The average molecular weight is 276 g/mol. The molecule has 3 fully saturated rings. The third-order valence-corrected chi connectivity index (χ3v) is 3.53. The van der Waals surface area contributed by atoms with E-state index in [0.717, 1.165) is 0 Å². The lowest BCUT2D eigenvalue weighted by molar-refractivity contribution is -0.376. The van der Waals surface area contributed by atoms with Crippen molar-refractivity contribution in [1.82, 2.24) is 0 Å². The fourth-order valence-electron chi connectivity index (χ4n) is 2.82. The van der Waals surface area contributed by atoms with Gasteiger partial charge in [-0.25, -0.2) is 0 Å². The van der Waals surface area contributed by atoms with E-state index in [1.54, 1.807) is 27.7 Å². The van der Waals surface area contributed by atoms with E-state index in [1.807, 2.05) is 0 Å². The van der Waals surface area contributed by atoms with E-state index < -0.39 is 42.0 Å². The highest BCUT2D eigenvalue weighted by atomic mass is 16.9. The van der Waals surface area contributed by atoms with Gasteiger partial charge in [0.05, 0.1) is 6.61 Å². The second-order valence-corrected chi connectivity index (χ2v) is 6.13. The third-order valence-electron chi connectivity index (χ3n) is 3.53. The van der Waals surface area contributed by atoms with Crippen LogP contribution in [-0.2, 0) is 23.7 Å². The van der Waals surface area contributed by atoms with Crippen molar-refractivity contribution in [3.63, 3.8) is 0 Å². The van der Waals surface area contributed by atoms with Crippen molar-refractivity contribution in [2.24, 2.45) is 0 Å². The summed E-state index contributed by atoms with van der Waals surface area (Å²) in [6.45, 7) is 7.32.